The van der Waals surface area contributed by atoms with Crippen LogP contribution in [-0.2, 0) is 9.59 Å². The smallest absolute Gasteiger partial charge is 0.224 e. The second-order valence-electron chi connectivity index (χ2n) is 3.90. The number of benzene rings is 1. The lowest BCUT2D eigenvalue weighted by Crippen LogP contribution is -2.12. The standard InChI is InChI=1S/C13H13NO2S/c1-9(15)6-7-13(16)14-11-8-17-12-5-3-2-4-10(11)12/h2-5,8H,6-7H2,1H3,(H,14,16). The van der Waals surface area contributed by atoms with Crippen LogP contribution in [0, 0.1) is 0 Å². The van der Waals surface area contributed by atoms with Crippen molar-refractivity contribution in [1.82, 2.24) is 0 Å². The third kappa shape index (κ3) is 2.91. The third-order valence-corrected chi connectivity index (χ3v) is 3.42. The molecule has 0 aliphatic carbocycles. The number of amides is 1. The number of hydrogen-bond acceptors (Lipinski definition) is 3. The molecule has 1 heterocycles. The van der Waals surface area contributed by atoms with Crippen LogP contribution >= 0.6 is 11.3 Å². The van der Waals surface area contributed by atoms with E-state index in [1.54, 1.807) is 11.3 Å². The van der Waals surface area contributed by atoms with E-state index in [1.807, 2.05) is 29.6 Å². The van der Waals surface area contributed by atoms with Gasteiger partial charge in [0.25, 0.3) is 0 Å². The molecule has 0 radical (unpaired) electrons. The Morgan fingerprint density at radius 2 is 2.00 bits per heavy atom. The molecular weight excluding hydrogens is 234 g/mol. The Hall–Kier alpha value is -1.68. The number of nitrogens with one attached hydrogen (secondary N) is 1. The molecule has 0 aliphatic heterocycles. The van der Waals surface area contributed by atoms with Crippen LogP contribution in [0.4, 0.5) is 5.69 Å². The highest BCUT2D eigenvalue weighted by Gasteiger charge is 2.08. The highest BCUT2D eigenvalue weighted by atomic mass is 32.1. The molecule has 4 heteroatoms. The molecule has 0 atom stereocenters. The number of rotatable bonds is 4. The summed E-state index contributed by atoms with van der Waals surface area (Å²) < 4.78 is 1.15. The Balaban J connectivity index is 2.08. The number of hydrogen-bond donors (Lipinski definition) is 1. The van der Waals surface area contributed by atoms with Crippen LogP contribution in [-0.4, -0.2) is 11.7 Å². The molecule has 17 heavy (non-hydrogen) atoms. The number of carbonyl (C=O) groups is 2. The fourth-order valence-corrected chi connectivity index (χ4v) is 2.47. The normalized spacial score (nSPS) is 10.4. The van der Waals surface area contributed by atoms with Gasteiger partial charge in [-0.05, 0) is 13.0 Å². The van der Waals surface area contributed by atoms with Crippen LogP contribution in [0.3, 0.4) is 0 Å². The van der Waals surface area contributed by atoms with Gasteiger partial charge in [0.2, 0.25) is 5.91 Å². The summed E-state index contributed by atoms with van der Waals surface area (Å²) in [6.07, 6.45) is 0.549. The topological polar surface area (TPSA) is 46.2 Å². The van der Waals surface area contributed by atoms with E-state index in [2.05, 4.69) is 5.32 Å². The van der Waals surface area contributed by atoms with Crippen molar-refractivity contribution in [1.29, 1.82) is 0 Å². The van der Waals surface area contributed by atoms with Gasteiger partial charge in [-0.1, -0.05) is 18.2 Å². The molecule has 0 spiro atoms. The summed E-state index contributed by atoms with van der Waals surface area (Å²) in [6.45, 7) is 1.49. The third-order valence-electron chi connectivity index (χ3n) is 2.46. The molecule has 0 saturated heterocycles. The first-order valence-corrected chi connectivity index (χ1v) is 6.30. The van der Waals surface area contributed by atoms with Crippen molar-refractivity contribution >= 4 is 38.8 Å². The largest absolute Gasteiger partial charge is 0.325 e. The van der Waals surface area contributed by atoms with Crippen LogP contribution in [0.15, 0.2) is 29.6 Å². The van der Waals surface area contributed by atoms with E-state index in [1.165, 1.54) is 6.92 Å². The van der Waals surface area contributed by atoms with Crippen molar-refractivity contribution in [3.05, 3.63) is 29.6 Å². The quantitative estimate of drug-likeness (QED) is 0.901. The zero-order chi connectivity index (χ0) is 12.3. The number of carbonyl (C=O) groups excluding carboxylic acids is 2. The second kappa shape index (κ2) is 5.10. The fraction of sp³-hybridized carbons (Fsp3) is 0.231. The number of Topliss-reactive ketones (excluding diaryl/α,β-unsaturated/α-hetero) is 1. The number of thiophene rings is 1. The van der Waals surface area contributed by atoms with Crippen molar-refractivity contribution in [3.8, 4) is 0 Å². The van der Waals surface area contributed by atoms with Gasteiger partial charge in [-0.3, -0.25) is 4.79 Å². The van der Waals surface area contributed by atoms with Crippen LogP contribution in [0.25, 0.3) is 10.1 Å². The first kappa shape index (κ1) is 11.8. The Bertz CT molecular complexity index is 559. The lowest BCUT2D eigenvalue weighted by Gasteiger charge is -2.02. The number of fused-ring (bicyclic) bond motifs is 1. The van der Waals surface area contributed by atoms with Gasteiger partial charge >= 0.3 is 0 Å². The van der Waals surface area contributed by atoms with Gasteiger partial charge in [-0.25, -0.2) is 0 Å². The van der Waals surface area contributed by atoms with Gasteiger partial charge in [-0.2, -0.15) is 0 Å². The Morgan fingerprint density at radius 3 is 2.76 bits per heavy atom. The fourth-order valence-electron chi connectivity index (χ4n) is 1.58. The van der Waals surface area contributed by atoms with E-state index in [-0.39, 0.29) is 18.1 Å². The van der Waals surface area contributed by atoms with E-state index in [0.29, 0.717) is 6.42 Å². The summed E-state index contributed by atoms with van der Waals surface area (Å²) >= 11 is 1.60. The van der Waals surface area contributed by atoms with E-state index in [9.17, 15) is 9.59 Å². The second-order valence-corrected chi connectivity index (χ2v) is 4.81. The van der Waals surface area contributed by atoms with Crippen LogP contribution < -0.4 is 5.32 Å². The average Bonchev–Trinajstić information content (AvgIpc) is 2.70. The molecule has 1 aromatic heterocycles. The van der Waals surface area contributed by atoms with Crippen molar-refractivity contribution in [2.75, 3.05) is 5.32 Å². The lowest BCUT2D eigenvalue weighted by atomic mass is 10.2. The molecule has 0 saturated carbocycles. The van der Waals surface area contributed by atoms with Crippen molar-refractivity contribution in [3.63, 3.8) is 0 Å². The number of ketones is 1. The average molecular weight is 247 g/mol. The van der Waals surface area contributed by atoms with Crippen LogP contribution in [0.1, 0.15) is 19.8 Å². The van der Waals surface area contributed by atoms with Crippen LogP contribution in [0.5, 0.6) is 0 Å². The maximum atomic E-state index is 11.6. The summed E-state index contributed by atoms with van der Waals surface area (Å²) in [7, 11) is 0. The SMILES string of the molecule is CC(=O)CCC(=O)Nc1csc2ccccc12. The molecule has 0 bridgehead atoms. The minimum absolute atomic E-state index is 0.0373. The summed E-state index contributed by atoms with van der Waals surface area (Å²) in [5, 5.41) is 5.82. The minimum atomic E-state index is -0.108. The van der Waals surface area contributed by atoms with Crippen molar-refractivity contribution in [2.24, 2.45) is 0 Å². The minimum Gasteiger partial charge on any atom is -0.325 e. The first-order valence-electron chi connectivity index (χ1n) is 5.42. The monoisotopic (exact) mass is 247 g/mol. The zero-order valence-corrected chi connectivity index (χ0v) is 10.3. The molecule has 0 aliphatic rings. The van der Waals surface area contributed by atoms with Crippen molar-refractivity contribution < 1.29 is 9.59 Å². The molecule has 2 rings (SSSR count). The molecule has 88 valence electrons. The Labute approximate surface area is 103 Å². The zero-order valence-electron chi connectivity index (χ0n) is 9.53. The lowest BCUT2D eigenvalue weighted by molar-refractivity contribution is -0.121. The molecule has 0 unspecified atom stereocenters. The summed E-state index contributed by atoms with van der Waals surface area (Å²) in [5.41, 5.74) is 0.833. The molecule has 0 fully saturated rings. The first-order chi connectivity index (χ1) is 8.16. The van der Waals surface area contributed by atoms with Gasteiger partial charge in [0.1, 0.15) is 5.78 Å². The van der Waals surface area contributed by atoms with E-state index in [4.69, 9.17) is 0 Å². The highest BCUT2D eigenvalue weighted by molar-refractivity contribution is 7.17. The van der Waals surface area contributed by atoms with Gasteiger partial charge < -0.3 is 10.1 Å². The Kier molecular flexibility index (Phi) is 3.54. The maximum Gasteiger partial charge on any atom is 0.224 e. The van der Waals surface area contributed by atoms with Gasteiger partial charge in [-0.15, -0.1) is 11.3 Å². The Morgan fingerprint density at radius 1 is 1.24 bits per heavy atom. The number of anilines is 1. The molecule has 1 amide bonds. The van der Waals surface area contributed by atoms with E-state index in [0.717, 1.165) is 15.8 Å². The predicted octanol–water partition coefficient (Wildman–Crippen LogP) is 3.21. The molecule has 2 aromatic rings. The maximum absolute atomic E-state index is 11.6. The van der Waals surface area contributed by atoms with E-state index < -0.39 is 0 Å². The van der Waals surface area contributed by atoms with Gasteiger partial charge in [0.05, 0.1) is 5.69 Å². The summed E-state index contributed by atoms with van der Waals surface area (Å²) in [6, 6.07) is 7.91. The highest BCUT2D eigenvalue weighted by Crippen LogP contribution is 2.29. The van der Waals surface area contributed by atoms with Gasteiger partial charge in [0.15, 0.2) is 0 Å². The molecule has 3 nitrogen and oxygen atoms in total. The van der Waals surface area contributed by atoms with Gasteiger partial charge in [0, 0.05) is 28.3 Å². The molecule has 1 N–H and O–H groups in total. The van der Waals surface area contributed by atoms with Crippen molar-refractivity contribution in [2.45, 2.75) is 19.8 Å². The summed E-state index contributed by atoms with van der Waals surface area (Å²) in [5.74, 6) is -0.0703. The van der Waals surface area contributed by atoms with Crippen LogP contribution in [0.2, 0.25) is 0 Å². The van der Waals surface area contributed by atoms with E-state index >= 15 is 0 Å². The molecule has 1 aromatic carbocycles. The molecular formula is C13H13NO2S. The summed E-state index contributed by atoms with van der Waals surface area (Å²) in [4.78, 5) is 22.4. The predicted molar refractivity (Wildman–Crippen MR) is 70.4 cm³/mol.